The summed E-state index contributed by atoms with van der Waals surface area (Å²) in [6.07, 6.45) is -2.85. The second-order valence-corrected chi connectivity index (χ2v) is 5.34. The fourth-order valence-corrected chi connectivity index (χ4v) is 2.11. The first-order valence-electron chi connectivity index (χ1n) is 5.57. The van der Waals surface area contributed by atoms with Crippen molar-refractivity contribution in [3.8, 4) is 0 Å². The van der Waals surface area contributed by atoms with Crippen molar-refractivity contribution in [1.82, 2.24) is 4.98 Å². The van der Waals surface area contributed by atoms with Crippen molar-refractivity contribution in [2.24, 2.45) is 0 Å². The number of hydrogen-bond acceptors (Lipinski definition) is 4. The smallest absolute Gasteiger partial charge is 0.386 e. The molecule has 0 saturated carbocycles. The number of rotatable bonds is 3. The summed E-state index contributed by atoms with van der Waals surface area (Å²) in [6, 6.07) is 0.949. The molecule has 8 heteroatoms. The highest BCUT2D eigenvalue weighted by atomic mass is 79.9. The third-order valence-electron chi connectivity index (χ3n) is 2.83. The van der Waals surface area contributed by atoms with Crippen LogP contribution in [0.3, 0.4) is 0 Å². The fourth-order valence-electron chi connectivity index (χ4n) is 1.78. The number of nitrogens with zero attached hydrogens (tertiary/aromatic N) is 1. The van der Waals surface area contributed by atoms with Gasteiger partial charge in [0, 0.05) is 30.2 Å². The fraction of sp³-hybridized carbons (Fsp3) is 0.545. The molecule has 0 radical (unpaired) electrons. The predicted molar refractivity (Wildman–Crippen MR) is 65.8 cm³/mol. The molecule has 2 N–H and O–H groups in total. The quantitative estimate of drug-likeness (QED) is 0.887. The van der Waals surface area contributed by atoms with E-state index in [1.165, 1.54) is 6.20 Å². The molecule has 2 heterocycles. The molecule has 1 atom stereocenters. The van der Waals surface area contributed by atoms with Gasteiger partial charge in [-0.05, 0) is 22.0 Å². The average molecular weight is 341 g/mol. The number of ether oxygens (including phenoxy) is 1. The van der Waals surface area contributed by atoms with Crippen LogP contribution in [0.15, 0.2) is 16.7 Å². The summed E-state index contributed by atoms with van der Waals surface area (Å²) in [6.45, 7) is 0.473. The van der Waals surface area contributed by atoms with Crippen molar-refractivity contribution in [2.45, 2.75) is 18.2 Å². The second-order valence-electron chi connectivity index (χ2n) is 4.43. The lowest BCUT2D eigenvalue weighted by atomic mass is 10.0. The van der Waals surface area contributed by atoms with E-state index in [2.05, 4.69) is 26.2 Å². The van der Waals surface area contributed by atoms with E-state index in [1.807, 2.05) is 0 Å². The number of nitrogens with one attached hydrogen (secondary N) is 1. The van der Waals surface area contributed by atoms with Gasteiger partial charge in [0.25, 0.3) is 0 Å². The zero-order valence-electron chi connectivity index (χ0n) is 9.80. The Morgan fingerprint density at radius 2 is 2.26 bits per heavy atom. The van der Waals surface area contributed by atoms with Crippen LogP contribution in [0.25, 0.3) is 0 Å². The zero-order valence-corrected chi connectivity index (χ0v) is 11.4. The number of alkyl halides is 3. The number of halogens is 4. The lowest BCUT2D eigenvalue weighted by molar-refractivity contribution is -0.137. The minimum Gasteiger partial charge on any atom is -0.386 e. The first-order chi connectivity index (χ1) is 8.80. The van der Waals surface area contributed by atoms with Gasteiger partial charge in [-0.25, -0.2) is 4.98 Å². The Labute approximate surface area is 116 Å². The van der Waals surface area contributed by atoms with Crippen LogP contribution in [-0.2, 0) is 10.9 Å². The summed E-state index contributed by atoms with van der Waals surface area (Å²) >= 11 is 2.96. The first-order valence-corrected chi connectivity index (χ1v) is 6.36. The molecule has 1 aliphatic heterocycles. The molecular formula is C11H12BrF3N2O2. The van der Waals surface area contributed by atoms with Crippen LogP contribution in [0.5, 0.6) is 0 Å². The molecule has 1 aliphatic rings. The molecule has 19 heavy (non-hydrogen) atoms. The average Bonchev–Trinajstić information content (AvgIpc) is 2.74. The maximum atomic E-state index is 12.8. The summed E-state index contributed by atoms with van der Waals surface area (Å²) in [5.41, 5.74) is -2.01. The summed E-state index contributed by atoms with van der Waals surface area (Å²) < 4.78 is 43.8. The molecule has 1 aromatic heterocycles. The van der Waals surface area contributed by atoms with Gasteiger partial charge >= 0.3 is 6.18 Å². The lowest BCUT2D eigenvalue weighted by Gasteiger charge is -2.22. The van der Waals surface area contributed by atoms with E-state index in [0.29, 0.717) is 13.0 Å². The van der Waals surface area contributed by atoms with Crippen molar-refractivity contribution in [3.63, 3.8) is 0 Å². The van der Waals surface area contributed by atoms with Crippen LogP contribution >= 0.6 is 15.9 Å². The number of pyridine rings is 1. The molecule has 1 fully saturated rings. The molecule has 0 aromatic carbocycles. The van der Waals surface area contributed by atoms with E-state index in [9.17, 15) is 18.3 Å². The number of hydrogen-bond donors (Lipinski definition) is 2. The molecule has 1 aromatic rings. The van der Waals surface area contributed by atoms with Crippen molar-refractivity contribution in [1.29, 1.82) is 0 Å². The van der Waals surface area contributed by atoms with Crippen molar-refractivity contribution in [3.05, 3.63) is 22.3 Å². The molecular weight excluding hydrogens is 329 g/mol. The van der Waals surface area contributed by atoms with E-state index in [4.69, 9.17) is 4.74 Å². The van der Waals surface area contributed by atoms with Gasteiger partial charge < -0.3 is 15.2 Å². The van der Waals surface area contributed by atoms with E-state index in [-0.39, 0.29) is 23.4 Å². The van der Waals surface area contributed by atoms with Crippen molar-refractivity contribution < 1.29 is 23.0 Å². The Morgan fingerprint density at radius 1 is 1.53 bits per heavy atom. The van der Waals surface area contributed by atoms with Gasteiger partial charge in [0.05, 0.1) is 12.2 Å². The van der Waals surface area contributed by atoms with Crippen molar-refractivity contribution in [2.75, 3.05) is 25.1 Å². The van der Waals surface area contributed by atoms with E-state index in [0.717, 1.165) is 6.07 Å². The number of anilines is 1. The largest absolute Gasteiger partial charge is 0.419 e. The third kappa shape index (κ3) is 3.58. The van der Waals surface area contributed by atoms with Gasteiger partial charge in [-0.2, -0.15) is 13.2 Å². The van der Waals surface area contributed by atoms with E-state index >= 15 is 0 Å². The number of aromatic nitrogens is 1. The summed E-state index contributed by atoms with van der Waals surface area (Å²) in [5, 5.41) is 12.5. The van der Waals surface area contributed by atoms with Crippen molar-refractivity contribution >= 4 is 21.7 Å². The molecule has 0 bridgehead atoms. The molecule has 1 saturated heterocycles. The molecule has 1 unspecified atom stereocenters. The standard InChI is InChI=1S/C11H12BrF3N2O2/c12-7-3-8(11(13,14)15)9(16-4-7)17-5-10(18)1-2-19-6-10/h3-4,18H,1-2,5-6H2,(H,16,17). The summed E-state index contributed by atoms with van der Waals surface area (Å²) in [7, 11) is 0. The Hall–Kier alpha value is -0.860. The highest BCUT2D eigenvalue weighted by molar-refractivity contribution is 9.10. The zero-order chi connectivity index (χ0) is 14.1. The maximum Gasteiger partial charge on any atom is 0.419 e. The first kappa shape index (κ1) is 14.5. The minimum absolute atomic E-state index is 0.0370. The highest BCUT2D eigenvalue weighted by Gasteiger charge is 2.36. The predicted octanol–water partition coefficient (Wildman–Crippen LogP) is 2.43. The van der Waals surface area contributed by atoms with Gasteiger partial charge in [0.1, 0.15) is 11.4 Å². The van der Waals surface area contributed by atoms with Crippen LogP contribution < -0.4 is 5.32 Å². The molecule has 2 rings (SSSR count). The normalized spacial score (nSPS) is 23.6. The summed E-state index contributed by atoms with van der Waals surface area (Å²) in [5.74, 6) is -0.295. The molecule has 0 aliphatic carbocycles. The van der Waals surface area contributed by atoms with Gasteiger partial charge in [0.15, 0.2) is 0 Å². The number of aliphatic hydroxyl groups is 1. The van der Waals surface area contributed by atoms with Crippen LogP contribution in [0.1, 0.15) is 12.0 Å². The van der Waals surface area contributed by atoms with E-state index < -0.39 is 17.3 Å². The van der Waals surface area contributed by atoms with Gasteiger partial charge in [-0.15, -0.1) is 0 Å². The third-order valence-corrected chi connectivity index (χ3v) is 3.26. The monoisotopic (exact) mass is 340 g/mol. The Bertz CT molecular complexity index is 462. The molecule has 0 spiro atoms. The second kappa shape index (κ2) is 5.26. The lowest BCUT2D eigenvalue weighted by Crippen LogP contribution is -2.37. The van der Waals surface area contributed by atoms with Gasteiger partial charge in [0.2, 0.25) is 0 Å². The molecule has 0 amide bonds. The Kier molecular flexibility index (Phi) is 4.03. The van der Waals surface area contributed by atoms with Crippen LogP contribution in [-0.4, -0.2) is 35.5 Å². The maximum absolute atomic E-state index is 12.8. The Morgan fingerprint density at radius 3 is 2.84 bits per heavy atom. The SMILES string of the molecule is OC1(CNc2ncc(Br)cc2C(F)(F)F)CCOC1. The van der Waals surface area contributed by atoms with E-state index in [1.54, 1.807) is 0 Å². The molecule has 4 nitrogen and oxygen atoms in total. The van der Waals surface area contributed by atoms with Gasteiger partial charge in [-0.3, -0.25) is 0 Å². The Balaban J connectivity index is 2.16. The van der Waals surface area contributed by atoms with Gasteiger partial charge in [-0.1, -0.05) is 0 Å². The topological polar surface area (TPSA) is 54.4 Å². The molecule has 106 valence electrons. The summed E-state index contributed by atoms with van der Waals surface area (Å²) in [4.78, 5) is 3.71. The van der Waals surface area contributed by atoms with Crippen LogP contribution in [0.4, 0.5) is 19.0 Å². The minimum atomic E-state index is -4.51. The van der Waals surface area contributed by atoms with Crippen LogP contribution in [0, 0.1) is 0 Å². The van der Waals surface area contributed by atoms with Crippen LogP contribution in [0.2, 0.25) is 0 Å². The highest BCUT2D eigenvalue weighted by Crippen LogP contribution is 2.35.